The molecule has 5 rings (SSSR count). The van der Waals surface area contributed by atoms with E-state index in [-0.39, 0.29) is 29.8 Å². The first-order valence-corrected chi connectivity index (χ1v) is 11.6. The predicted octanol–water partition coefficient (Wildman–Crippen LogP) is 3.76. The minimum Gasteiger partial charge on any atom is -0.477 e. The summed E-state index contributed by atoms with van der Waals surface area (Å²) in [6.45, 7) is 0.194. The van der Waals surface area contributed by atoms with Gasteiger partial charge < -0.3 is 20.5 Å². The van der Waals surface area contributed by atoms with Gasteiger partial charge in [-0.1, -0.05) is 55.0 Å². The molecule has 0 bridgehead atoms. The molecule has 2 amide bonds. The number of fused-ring (bicyclic) bond motifs is 3. The molecular weight excluding hydrogens is 448 g/mol. The number of aromatic carboxylic acids is 1. The molecule has 0 radical (unpaired) electrons. The smallest absolute Gasteiger partial charge is 0.407 e. The van der Waals surface area contributed by atoms with Crippen LogP contribution in [0.1, 0.15) is 46.7 Å². The molecule has 9 heteroatoms. The molecule has 2 aliphatic carbocycles. The highest BCUT2D eigenvalue weighted by atomic mass is 16.5. The highest BCUT2D eigenvalue weighted by Gasteiger charge is 2.36. The Labute approximate surface area is 202 Å². The Hall–Kier alpha value is -4.14. The van der Waals surface area contributed by atoms with Crippen LogP contribution in [-0.4, -0.2) is 45.5 Å². The number of rotatable bonds is 6. The fourth-order valence-electron chi connectivity index (χ4n) is 5.18. The molecular formula is C26H26N4O5. The van der Waals surface area contributed by atoms with Crippen molar-refractivity contribution >= 4 is 23.8 Å². The standard InChI is InChI=1S/C26H26N4O5/c1-30-13-20(25(32)33)23(29-30)28-24(31)19-11-6-12-22(19)27-26(34)35-14-21-17-9-4-2-7-15(17)16-8-3-5-10-18(16)21/h2-5,7-10,13,19,21-22H,6,11-12,14H2,1H3,(H,27,34)(H,32,33)(H,28,29,31). The van der Waals surface area contributed by atoms with Crippen LogP contribution in [-0.2, 0) is 16.6 Å². The molecule has 2 atom stereocenters. The number of carbonyl (C=O) groups is 3. The highest BCUT2D eigenvalue weighted by Crippen LogP contribution is 2.44. The van der Waals surface area contributed by atoms with Crippen LogP contribution < -0.4 is 10.6 Å². The number of nitrogens with one attached hydrogen (secondary N) is 2. The molecule has 2 aromatic carbocycles. The molecule has 2 unspecified atom stereocenters. The van der Waals surface area contributed by atoms with Crippen LogP contribution in [0.25, 0.3) is 11.1 Å². The fourth-order valence-corrected chi connectivity index (χ4v) is 5.18. The van der Waals surface area contributed by atoms with Gasteiger partial charge in [0.05, 0.1) is 5.92 Å². The molecule has 0 saturated heterocycles. The van der Waals surface area contributed by atoms with Gasteiger partial charge in [0, 0.05) is 25.2 Å². The summed E-state index contributed by atoms with van der Waals surface area (Å²) in [5.41, 5.74) is 4.48. The van der Waals surface area contributed by atoms with Crippen molar-refractivity contribution in [1.82, 2.24) is 15.1 Å². The first-order valence-electron chi connectivity index (χ1n) is 11.6. The third-order valence-corrected chi connectivity index (χ3v) is 6.80. The number of hydrogen-bond donors (Lipinski definition) is 3. The Morgan fingerprint density at radius 2 is 1.71 bits per heavy atom. The predicted molar refractivity (Wildman–Crippen MR) is 128 cm³/mol. The number of carbonyl (C=O) groups excluding carboxylic acids is 2. The van der Waals surface area contributed by atoms with E-state index in [1.165, 1.54) is 10.9 Å². The third-order valence-electron chi connectivity index (χ3n) is 6.80. The Kier molecular flexibility index (Phi) is 5.98. The molecule has 1 fully saturated rings. The zero-order chi connectivity index (χ0) is 24.5. The summed E-state index contributed by atoms with van der Waals surface area (Å²) < 4.78 is 6.96. The van der Waals surface area contributed by atoms with Crippen LogP contribution in [0.3, 0.4) is 0 Å². The zero-order valence-electron chi connectivity index (χ0n) is 19.2. The van der Waals surface area contributed by atoms with Crippen molar-refractivity contribution in [3.63, 3.8) is 0 Å². The quantitative estimate of drug-likeness (QED) is 0.500. The highest BCUT2D eigenvalue weighted by molar-refractivity contribution is 6.00. The van der Waals surface area contributed by atoms with Crippen LogP contribution in [0, 0.1) is 5.92 Å². The van der Waals surface area contributed by atoms with Crippen LogP contribution in [0.4, 0.5) is 10.6 Å². The maximum Gasteiger partial charge on any atom is 0.407 e. The normalized spacial score (nSPS) is 18.5. The van der Waals surface area contributed by atoms with Gasteiger partial charge in [-0.3, -0.25) is 9.48 Å². The van der Waals surface area contributed by atoms with Gasteiger partial charge in [0.25, 0.3) is 0 Å². The molecule has 0 spiro atoms. The number of aryl methyl sites for hydroxylation is 1. The molecule has 35 heavy (non-hydrogen) atoms. The molecule has 3 aromatic rings. The molecule has 1 saturated carbocycles. The second-order valence-electron chi connectivity index (χ2n) is 8.97. The first kappa shape index (κ1) is 22.6. The minimum absolute atomic E-state index is 0.00297. The average molecular weight is 475 g/mol. The van der Waals surface area contributed by atoms with Gasteiger partial charge in [0.15, 0.2) is 5.82 Å². The number of hydrogen-bond acceptors (Lipinski definition) is 5. The summed E-state index contributed by atoms with van der Waals surface area (Å²) in [7, 11) is 1.58. The van der Waals surface area contributed by atoms with Crippen LogP contribution in [0.2, 0.25) is 0 Å². The summed E-state index contributed by atoms with van der Waals surface area (Å²) in [5.74, 6) is -2.09. The van der Waals surface area contributed by atoms with Crippen molar-refractivity contribution < 1.29 is 24.2 Å². The summed E-state index contributed by atoms with van der Waals surface area (Å²) in [6.07, 6.45) is 2.74. The number of ether oxygens (including phenoxy) is 1. The minimum atomic E-state index is -1.17. The summed E-state index contributed by atoms with van der Waals surface area (Å²) in [4.78, 5) is 37.0. The van der Waals surface area contributed by atoms with E-state index in [2.05, 4.69) is 40.0 Å². The first-order chi connectivity index (χ1) is 16.9. The summed E-state index contributed by atoms with van der Waals surface area (Å²) in [6, 6.07) is 15.8. The van der Waals surface area contributed by atoms with Gasteiger partial charge in [0.1, 0.15) is 12.2 Å². The van der Waals surface area contributed by atoms with Gasteiger partial charge in [0.2, 0.25) is 5.91 Å². The van der Waals surface area contributed by atoms with Crippen molar-refractivity contribution in [2.75, 3.05) is 11.9 Å². The molecule has 180 valence electrons. The number of alkyl carbamates (subject to hydrolysis) is 1. The van der Waals surface area contributed by atoms with Gasteiger partial charge in [-0.05, 0) is 35.1 Å². The van der Waals surface area contributed by atoms with Crippen molar-refractivity contribution in [3.05, 3.63) is 71.4 Å². The van der Waals surface area contributed by atoms with Crippen molar-refractivity contribution in [2.45, 2.75) is 31.2 Å². The number of nitrogens with zero attached hydrogens (tertiary/aromatic N) is 2. The second-order valence-corrected chi connectivity index (χ2v) is 8.97. The van der Waals surface area contributed by atoms with E-state index < -0.39 is 24.0 Å². The summed E-state index contributed by atoms with van der Waals surface area (Å²) in [5, 5.41) is 18.8. The summed E-state index contributed by atoms with van der Waals surface area (Å²) >= 11 is 0. The molecule has 9 nitrogen and oxygen atoms in total. The Bertz CT molecular complexity index is 1250. The largest absolute Gasteiger partial charge is 0.477 e. The van der Waals surface area contributed by atoms with E-state index in [0.717, 1.165) is 28.7 Å². The maximum atomic E-state index is 12.9. The molecule has 0 aliphatic heterocycles. The zero-order valence-corrected chi connectivity index (χ0v) is 19.2. The number of amides is 2. The molecule has 1 aromatic heterocycles. The fraction of sp³-hybridized carbons (Fsp3) is 0.308. The lowest BCUT2D eigenvalue weighted by Gasteiger charge is -2.21. The van der Waals surface area contributed by atoms with E-state index in [1.54, 1.807) is 7.05 Å². The number of carboxylic acids is 1. The monoisotopic (exact) mass is 474 g/mol. The number of aromatic nitrogens is 2. The van der Waals surface area contributed by atoms with E-state index in [9.17, 15) is 19.5 Å². The van der Waals surface area contributed by atoms with Crippen molar-refractivity contribution in [3.8, 4) is 11.1 Å². The molecule has 2 aliphatic rings. The van der Waals surface area contributed by atoms with E-state index in [0.29, 0.717) is 12.8 Å². The van der Waals surface area contributed by atoms with E-state index in [4.69, 9.17) is 4.74 Å². The van der Waals surface area contributed by atoms with E-state index >= 15 is 0 Å². The molecule has 1 heterocycles. The number of benzene rings is 2. The Balaban J connectivity index is 1.22. The van der Waals surface area contributed by atoms with E-state index in [1.807, 2.05) is 24.3 Å². The van der Waals surface area contributed by atoms with Crippen molar-refractivity contribution in [1.29, 1.82) is 0 Å². The third kappa shape index (κ3) is 4.37. The number of anilines is 1. The van der Waals surface area contributed by atoms with Crippen LogP contribution >= 0.6 is 0 Å². The van der Waals surface area contributed by atoms with Crippen molar-refractivity contribution in [2.24, 2.45) is 13.0 Å². The Morgan fingerprint density at radius 1 is 1.06 bits per heavy atom. The lowest BCUT2D eigenvalue weighted by atomic mass is 9.98. The topological polar surface area (TPSA) is 123 Å². The molecule has 3 N–H and O–H groups in total. The second kappa shape index (κ2) is 9.25. The van der Waals surface area contributed by atoms with Gasteiger partial charge >= 0.3 is 12.1 Å². The maximum absolute atomic E-state index is 12.9. The van der Waals surface area contributed by atoms with Gasteiger partial charge in [-0.15, -0.1) is 0 Å². The van der Waals surface area contributed by atoms with Crippen LogP contribution in [0.5, 0.6) is 0 Å². The van der Waals surface area contributed by atoms with Crippen LogP contribution in [0.15, 0.2) is 54.7 Å². The number of carboxylic acid groups (broad SMARTS) is 1. The van der Waals surface area contributed by atoms with Gasteiger partial charge in [-0.2, -0.15) is 5.10 Å². The lowest BCUT2D eigenvalue weighted by molar-refractivity contribution is -0.120. The average Bonchev–Trinajstić information content (AvgIpc) is 3.53. The Morgan fingerprint density at radius 3 is 2.37 bits per heavy atom. The van der Waals surface area contributed by atoms with Gasteiger partial charge in [-0.25, -0.2) is 9.59 Å². The SMILES string of the molecule is Cn1cc(C(=O)O)c(NC(=O)C2CCCC2NC(=O)OCC2c3ccccc3-c3ccccc32)n1. The lowest BCUT2D eigenvalue weighted by Crippen LogP contribution is -2.42.